The molecule has 2 aliphatic heterocycles. The van der Waals surface area contributed by atoms with Gasteiger partial charge >= 0.3 is 0 Å². The summed E-state index contributed by atoms with van der Waals surface area (Å²) < 4.78 is 5.44. The van der Waals surface area contributed by atoms with E-state index in [1.165, 1.54) is 0 Å². The van der Waals surface area contributed by atoms with Crippen molar-refractivity contribution >= 4 is 40.1 Å². The predicted octanol–water partition coefficient (Wildman–Crippen LogP) is 3.41. The van der Waals surface area contributed by atoms with Crippen LogP contribution >= 0.6 is 11.6 Å². The Morgan fingerprint density at radius 2 is 1.75 bits per heavy atom. The van der Waals surface area contributed by atoms with Crippen LogP contribution in [0.15, 0.2) is 66.7 Å². The molecule has 2 saturated heterocycles. The number of morpholine rings is 1. The number of amides is 3. The van der Waals surface area contributed by atoms with Crippen LogP contribution in [-0.2, 0) is 25.5 Å². The van der Waals surface area contributed by atoms with Gasteiger partial charge in [0.15, 0.2) is 0 Å². The number of rotatable bonds is 7. The third kappa shape index (κ3) is 5.99. The highest BCUT2D eigenvalue weighted by atomic mass is 35.5. The fourth-order valence-electron chi connectivity index (χ4n) is 5.86. The third-order valence-electron chi connectivity index (χ3n) is 7.97. The minimum absolute atomic E-state index is 0.140. The van der Waals surface area contributed by atoms with Gasteiger partial charge in [-0.15, -0.1) is 0 Å². The molecule has 3 aromatic rings. The number of carbonyl (C=O) groups is 3. The molecule has 2 N–H and O–H groups in total. The van der Waals surface area contributed by atoms with Gasteiger partial charge in [-0.05, 0) is 47.4 Å². The molecule has 2 aliphatic rings. The zero-order valence-corrected chi connectivity index (χ0v) is 23.4. The van der Waals surface area contributed by atoms with Crippen LogP contribution in [0.5, 0.6) is 0 Å². The van der Waals surface area contributed by atoms with Crippen molar-refractivity contribution in [3.05, 3.63) is 82.9 Å². The van der Waals surface area contributed by atoms with Crippen molar-refractivity contribution in [3.63, 3.8) is 0 Å². The van der Waals surface area contributed by atoms with E-state index in [1.54, 1.807) is 28.0 Å². The molecule has 210 valence electrons. The number of hydrogen-bond donors (Lipinski definition) is 1. The molecule has 40 heavy (non-hydrogen) atoms. The fourth-order valence-corrected chi connectivity index (χ4v) is 6.06. The van der Waals surface area contributed by atoms with E-state index >= 15 is 0 Å². The number of nitrogens with two attached hydrogens (primary N) is 1. The maximum atomic E-state index is 14.5. The molecule has 8 nitrogen and oxygen atoms in total. The van der Waals surface area contributed by atoms with Crippen LogP contribution in [0.1, 0.15) is 30.5 Å². The zero-order chi connectivity index (χ0) is 28.2. The molecule has 2 fully saturated rings. The first-order chi connectivity index (χ1) is 19.3. The Morgan fingerprint density at radius 3 is 2.50 bits per heavy atom. The Morgan fingerprint density at radius 1 is 1.02 bits per heavy atom. The summed E-state index contributed by atoms with van der Waals surface area (Å²) in [5, 5.41) is 2.54. The maximum absolute atomic E-state index is 14.5. The number of hydrogen-bond acceptors (Lipinski definition) is 5. The molecule has 0 aromatic heterocycles. The molecular formula is C31H35ClN4O4. The number of nitrogens with zero attached hydrogens (tertiary/aromatic N) is 3. The van der Waals surface area contributed by atoms with Gasteiger partial charge in [0.05, 0.1) is 19.8 Å². The van der Waals surface area contributed by atoms with Crippen molar-refractivity contribution in [2.45, 2.75) is 37.9 Å². The largest absolute Gasteiger partial charge is 0.379 e. The second-order valence-corrected chi connectivity index (χ2v) is 11.0. The Kier molecular flexibility index (Phi) is 8.69. The summed E-state index contributed by atoms with van der Waals surface area (Å²) in [5.41, 5.74) is 7.53. The predicted molar refractivity (Wildman–Crippen MR) is 155 cm³/mol. The monoisotopic (exact) mass is 562 g/mol. The fraction of sp³-hybridized carbons (Fsp3) is 0.387. The van der Waals surface area contributed by atoms with Crippen LogP contribution in [0, 0.1) is 0 Å². The van der Waals surface area contributed by atoms with Crippen LogP contribution in [0.2, 0.25) is 5.02 Å². The van der Waals surface area contributed by atoms with Crippen molar-refractivity contribution in [3.8, 4) is 0 Å². The van der Waals surface area contributed by atoms with Crippen molar-refractivity contribution in [2.24, 2.45) is 5.73 Å². The molecule has 1 unspecified atom stereocenters. The van der Waals surface area contributed by atoms with Crippen molar-refractivity contribution in [1.82, 2.24) is 14.7 Å². The van der Waals surface area contributed by atoms with E-state index in [2.05, 4.69) is 0 Å². The topological polar surface area (TPSA) is 96.2 Å². The molecule has 0 bridgehead atoms. The van der Waals surface area contributed by atoms with Gasteiger partial charge in [0.25, 0.3) is 5.91 Å². The highest BCUT2D eigenvalue weighted by Crippen LogP contribution is 2.33. The van der Waals surface area contributed by atoms with Gasteiger partial charge in [0, 0.05) is 37.1 Å². The summed E-state index contributed by atoms with van der Waals surface area (Å²) in [6.07, 6.45) is 0.789. The number of benzene rings is 3. The minimum Gasteiger partial charge on any atom is -0.379 e. The Balaban J connectivity index is 1.51. The van der Waals surface area contributed by atoms with Gasteiger partial charge in [-0.1, -0.05) is 66.2 Å². The van der Waals surface area contributed by atoms with E-state index < -0.39 is 18.0 Å². The number of primary amides is 1. The molecule has 9 heteroatoms. The van der Waals surface area contributed by atoms with Gasteiger partial charge in [-0.2, -0.15) is 0 Å². The summed E-state index contributed by atoms with van der Waals surface area (Å²) in [5.74, 6) is -1.04. The highest BCUT2D eigenvalue weighted by molar-refractivity contribution is 6.30. The molecule has 3 atom stereocenters. The van der Waals surface area contributed by atoms with E-state index in [4.69, 9.17) is 22.1 Å². The smallest absolute Gasteiger partial charge is 0.250 e. The first kappa shape index (κ1) is 28.1. The lowest BCUT2D eigenvalue weighted by molar-refractivity contribution is -0.149. The first-order valence-corrected chi connectivity index (χ1v) is 14.1. The van der Waals surface area contributed by atoms with Gasteiger partial charge < -0.3 is 20.3 Å². The molecule has 3 amide bonds. The first-order valence-electron chi connectivity index (χ1n) is 13.8. The van der Waals surface area contributed by atoms with Crippen LogP contribution in [0.4, 0.5) is 0 Å². The quantitative estimate of drug-likeness (QED) is 0.476. The van der Waals surface area contributed by atoms with Crippen LogP contribution < -0.4 is 5.73 Å². The molecule has 0 aliphatic carbocycles. The van der Waals surface area contributed by atoms with Crippen molar-refractivity contribution in [1.29, 1.82) is 0 Å². The van der Waals surface area contributed by atoms with E-state index in [0.717, 1.165) is 16.3 Å². The average Bonchev–Trinajstić information content (AvgIpc) is 3.07. The molecule has 0 saturated carbocycles. The van der Waals surface area contributed by atoms with Crippen LogP contribution in [0.25, 0.3) is 10.8 Å². The Hall–Kier alpha value is -3.46. The molecule has 0 spiro atoms. The molecule has 0 radical (unpaired) electrons. The Bertz CT molecular complexity index is 1390. The maximum Gasteiger partial charge on any atom is 0.250 e. The number of fused-ring (bicyclic) bond motifs is 1. The average molecular weight is 563 g/mol. The van der Waals surface area contributed by atoms with E-state index in [1.807, 2.05) is 60.4 Å². The normalized spacial score (nSPS) is 21.3. The van der Waals surface area contributed by atoms with Gasteiger partial charge in [-0.25, -0.2) is 0 Å². The third-order valence-corrected chi connectivity index (χ3v) is 8.21. The SMILES string of the molecule is C[C@@H]1CCN(C(Cc2cccc3ccccc23)C(N)=O)C(=O)[C@H](c2cccc(Cl)c2)N1C(=O)CN1CCOCC1. The lowest BCUT2D eigenvalue weighted by Crippen LogP contribution is -2.53. The molecule has 2 heterocycles. The summed E-state index contributed by atoms with van der Waals surface area (Å²) in [7, 11) is 0. The van der Waals surface area contributed by atoms with Crippen molar-refractivity contribution < 1.29 is 19.1 Å². The lowest BCUT2D eigenvalue weighted by Gasteiger charge is -2.37. The van der Waals surface area contributed by atoms with Gasteiger partial charge in [0.2, 0.25) is 11.8 Å². The summed E-state index contributed by atoms with van der Waals surface area (Å²) in [6, 6.07) is 18.9. The summed E-state index contributed by atoms with van der Waals surface area (Å²) >= 11 is 6.36. The Labute approximate surface area is 239 Å². The van der Waals surface area contributed by atoms with Crippen LogP contribution in [-0.4, -0.2) is 83.9 Å². The van der Waals surface area contributed by atoms with Crippen molar-refractivity contribution in [2.75, 3.05) is 39.4 Å². The van der Waals surface area contributed by atoms with Gasteiger partial charge in [-0.3, -0.25) is 19.3 Å². The highest BCUT2D eigenvalue weighted by Gasteiger charge is 2.43. The van der Waals surface area contributed by atoms with E-state index in [0.29, 0.717) is 49.9 Å². The lowest BCUT2D eigenvalue weighted by atomic mass is 9.96. The summed E-state index contributed by atoms with van der Waals surface area (Å²) in [4.78, 5) is 46.6. The number of carbonyl (C=O) groups excluding carboxylic acids is 3. The number of ether oxygens (including phenoxy) is 1. The van der Waals surface area contributed by atoms with E-state index in [-0.39, 0.29) is 30.8 Å². The zero-order valence-electron chi connectivity index (χ0n) is 22.7. The second-order valence-electron chi connectivity index (χ2n) is 10.6. The molecular weight excluding hydrogens is 528 g/mol. The van der Waals surface area contributed by atoms with Crippen LogP contribution in [0.3, 0.4) is 0 Å². The second kappa shape index (κ2) is 12.4. The number of halogens is 1. The standard InChI is InChI=1S/C31H35ClN4O4/c1-21-12-13-35(27(30(33)38)19-23-8-4-7-22-6-2-3-11-26(22)23)31(39)29(24-9-5-10-25(32)18-24)36(21)28(37)20-34-14-16-40-17-15-34/h2-11,18,21,27,29H,12-17,19-20H2,1H3,(H2,33,38)/t21-,27?,29+/m1/s1. The minimum atomic E-state index is -0.931. The molecule has 5 rings (SSSR count). The summed E-state index contributed by atoms with van der Waals surface area (Å²) in [6.45, 7) is 4.90. The van der Waals surface area contributed by atoms with E-state index in [9.17, 15) is 14.4 Å². The van der Waals surface area contributed by atoms with Gasteiger partial charge in [0.1, 0.15) is 12.1 Å². The molecule has 3 aromatic carbocycles.